The molecule has 0 aromatic heterocycles. The van der Waals surface area contributed by atoms with E-state index >= 15 is 0 Å². The van der Waals surface area contributed by atoms with Crippen molar-refractivity contribution in [3.63, 3.8) is 0 Å². The number of nitrogens with one attached hydrogen (secondary N) is 1. The van der Waals surface area contributed by atoms with Gasteiger partial charge in [0.05, 0.1) is 5.75 Å². The second kappa shape index (κ2) is 8.46. The van der Waals surface area contributed by atoms with E-state index in [1.54, 1.807) is 6.29 Å². The first kappa shape index (κ1) is 17.4. The fraction of sp³-hybridized carbons (Fsp3) is 0.700. The Morgan fingerprint density at radius 2 is 2.05 bits per heavy atom. The highest BCUT2D eigenvalue weighted by molar-refractivity contribution is 7.90. The van der Waals surface area contributed by atoms with Crippen LogP contribution in [-0.2, 0) is 24.2 Å². The van der Waals surface area contributed by atoms with Gasteiger partial charge in [0, 0.05) is 12.7 Å². The summed E-state index contributed by atoms with van der Waals surface area (Å²) in [5, 5.41) is 10.9. The van der Waals surface area contributed by atoms with Crippen molar-refractivity contribution in [1.29, 1.82) is 0 Å². The number of hydrogen-bond donors (Lipinski definition) is 2. The number of carbonyl (C=O) groups is 2. The van der Waals surface area contributed by atoms with E-state index in [9.17, 15) is 22.8 Å². The molecule has 0 saturated heterocycles. The number of hydrogen-bond acceptors (Lipinski definition) is 6. The number of ether oxygens (including phenoxy) is 1. The van der Waals surface area contributed by atoms with Crippen LogP contribution in [0, 0.1) is 0 Å². The molecule has 19 heavy (non-hydrogen) atoms. The molecule has 0 bridgehead atoms. The van der Waals surface area contributed by atoms with Crippen LogP contribution in [0.15, 0.2) is 0 Å². The van der Waals surface area contributed by atoms with Crippen molar-refractivity contribution in [1.82, 2.24) is 5.32 Å². The Morgan fingerprint density at radius 3 is 2.53 bits per heavy atom. The molecule has 1 atom stereocenters. The third-order valence-electron chi connectivity index (χ3n) is 2.05. The standard InChI is InChI=1S/C10H16NO7S/c1-19(16,17)7-6-18-10(15)11-8(9(13)14)4-2-3-5-12/h8H,2-4,6-7H2,1H3,(H,11,15)(H,13,14). The first-order valence-corrected chi connectivity index (χ1v) is 7.51. The molecule has 1 radical (unpaired) electrons. The van der Waals surface area contributed by atoms with Gasteiger partial charge in [0.2, 0.25) is 0 Å². The van der Waals surface area contributed by atoms with Crippen LogP contribution in [0.3, 0.4) is 0 Å². The predicted molar refractivity (Wildman–Crippen MR) is 65.2 cm³/mol. The lowest BCUT2D eigenvalue weighted by molar-refractivity contribution is -0.139. The lowest BCUT2D eigenvalue weighted by Crippen LogP contribution is -2.41. The molecule has 109 valence electrons. The third-order valence-corrected chi connectivity index (χ3v) is 2.96. The van der Waals surface area contributed by atoms with Gasteiger partial charge in [0.1, 0.15) is 12.6 Å². The molecule has 0 aliphatic carbocycles. The van der Waals surface area contributed by atoms with Crippen molar-refractivity contribution in [2.24, 2.45) is 0 Å². The van der Waals surface area contributed by atoms with Crippen LogP contribution in [0.5, 0.6) is 0 Å². The Kier molecular flexibility index (Phi) is 7.73. The summed E-state index contributed by atoms with van der Waals surface area (Å²) in [7, 11) is -3.25. The number of rotatable bonds is 9. The first-order valence-electron chi connectivity index (χ1n) is 5.45. The number of carboxylic acid groups (broad SMARTS) is 1. The van der Waals surface area contributed by atoms with Crippen molar-refractivity contribution in [3.05, 3.63) is 0 Å². The van der Waals surface area contributed by atoms with E-state index in [1.165, 1.54) is 0 Å². The minimum atomic E-state index is -3.25. The Balaban J connectivity index is 4.10. The maximum absolute atomic E-state index is 11.2. The summed E-state index contributed by atoms with van der Waals surface area (Å²) < 4.78 is 26.1. The van der Waals surface area contributed by atoms with E-state index in [-0.39, 0.29) is 31.6 Å². The van der Waals surface area contributed by atoms with E-state index in [4.69, 9.17) is 5.11 Å². The van der Waals surface area contributed by atoms with Gasteiger partial charge in [-0.2, -0.15) is 0 Å². The Morgan fingerprint density at radius 1 is 1.42 bits per heavy atom. The number of unbranched alkanes of at least 4 members (excludes halogenated alkanes) is 1. The fourth-order valence-corrected chi connectivity index (χ4v) is 1.49. The lowest BCUT2D eigenvalue weighted by atomic mass is 10.1. The van der Waals surface area contributed by atoms with Gasteiger partial charge in [-0.05, 0) is 12.8 Å². The number of carboxylic acids is 1. The Labute approximate surface area is 111 Å². The molecule has 0 aliphatic rings. The number of amides is 1. The highest BCUT2D eigenvalue weighted by Crippen LogP contribution is 2.00. The Hall–Kier alpha value is -1.64. The van der Waals surface area contributed by atoms with Gasteiger partial charge >= 0.3 is 12.1 Å². The highest BCUT2D eigenvalue weighted by Gasteiger charge is 2.20. The zero-order valence-electron chi connectivity index (χ0n) is 10.4. The summed E-state index contributed by atoms with van der Waals surface area (Å²) in [5.41, 5.74) is 0. The average molecular weight is 294 g/mol. The van der Waals surface area contributed by atoms with Gasteiger partial charge in [-0.3, -0.25) is 4.79 Å². The van der Waals surface area contributed by atoms with Gasteiger partial charge in [-0.15, -0.1) is 0 Å². The second-order valence-electron chi connectivity index (χ2n) is 3.84. The summed E-state index contributed by atoms with van der Waals surface area (Å²) in [5.74, 6) is -1.59. The SMILES string of the molecule is CS(=O)(=O)CCOC(=O)NC(CCC[C]=O)C(=O)O. The predicted octanol–water partition coefficient (Wildman–Crippen LogP) is -0.510. The number of sulfone groups is 1. The monoisotopic (exact) mass is 294 g/mol. The van der Waals surface area contributed by atoms with Crippen molar-refractivity contribution < 1.29 is 32.6 Å². The summed E-state index contributed by atoms with van der Waals surface area (Å²) >= 11 is 0. The molecule has 0 aliphatic heterocycles. The van der Waals surface area contributed by atoms with Crippen LogP contribution in [0.25, 0.3) is 0 Å². The zero-order chi connectivity index (χ0) is 14.9. The van der Waals surface area contributed by atoms with Crippen LogP contribution in [-0.4, -0.2) is 56.5 Å². The maximum Gasteiger partial charge on any atom is 0.407 e. The van der Waals surface area contributed by atoms with Crippen molar-refractivity contribution in [2.45, 2.75) is 25.3 Å². The van der Waals surface area contributed by atoms with E-state index < -0.39 is 27.9 Å². The average Bonchev–Trinajstić information content (AvgIpc) is 2.26. The molecule has 0 heterocycles. The van der Waals surface area contributed by atoms with Crippen LogP contribution >= 0.6 is 0 Å². The normalized spacial score (nSPS) is 12.5. The first-order chi connectivity index (χ1) is 8.76. The van der Waals surface area contributed by atoms with E-state index in [0.717, 1.165) is 6.26 Å². The molecular weight excluding hydrogens is 278 g/mol. The highest BCUT2D eigenvalue weighted by atomic mass is 32.2. The topological polar surface area (TPSA) is 127 Å². The van der Waals surface area contributed by atoms with Crippen LogP contribution in [0.2, 0.25) is 0 Å². The molecule has 2 N–H and O–H groups in total. The minimum Gasteiger partial charge on any atom is -0.480 e. The molecule has 8 nitrogen and oxygen atoms in total. The number of alkyl carbamates (subject to hydrolysis) is 1. The van der Waals surface area contributed by atoms with Crippen molar-refractivity contribution in [2.75, 3.05) is 18.6 Å². The molecule has 0 rings (SSSR count). The molecule has 1 unspecified atom stereocenters. The fourth-order valence-electron chi connectivity index (χ4n) is 1.11. The van der Waals surface area contributed by atoms with E-state index in [0.29, 0.717) is 0 Å². The molecule has 9 heteroatoms. The van der Waals surface area contributed by atoms with Crippen LogP contribution in [0.4, 0.5) is 4.79 Å². The Bertz CT molecular complexity index is 418. The van der Waals surface area contributed by atoms with Crippen molar-refractivity contribution in [3.8, 4) is 0 Å². The third kappa shape index (κ3) is 10.0. The second-order valence-corrected chi connectivity index (χ2v) is 6.10. The maximum atomic E-state index is 11.2. The smallest absolute Gasteiger partial charge is 0.407 e. The number of carbonyl (C=O) groups excluding carboxylic acids is 2. The largest absolute Gasteiger partial charge is 0.480 e. The number of aliphatic carboxylic acids is 1. The minimum absolute atomic E-state index is 0.0613. The summed E-state index contributed by atoms with van der Waals surface area (Å²) in [6, 6.07) is -1.18. The molecule has 0 saturated carbocycles. The zero-order valence-corrected chi connectivity index (χ0v) is 11.2. The molecule has 1 amide bonds. The van der Waals surface area contributed by atoms with Crippen LogP contribution < -0.4 is 5.32 Å². The quantitative estimate of drug-likeness (QED) is 0.548. The molecule has 0 aromatic rings. The van der Waals surface area contributed by atoms with Gasteiger partial charge in [0.15, 0.2) is 16.1 Å². The van der Waals surface area contributed by atoms with Crippen molar-refractivity contribution >= 4 is 28.2 Å². The van der Waals surface area contributed by atoms with E-state index in [2.05, 4.69) is 10.1 Å². The van der Waals surface area contributed by atoms with Gasteiger partial charge in [-0.1, -0.05) is 0 Å². The summed E-state index contributed by atoms with van der Waals surface area (Å²) in [6.07, 6.45) is 2.00. The lowest BCUT2D eigenvalue weighted by Gasteiger charge is -2.13. The van der Waals surface area contributed by atoms with E-state index in [1.807, 2.05) is 0 Å². The molecule has 0 fully saturated rings. The molecule has 0 spiro atoms. The van der Waals surface area contributed by atoms with Gasteiger partial charge in [-0.25, -0.2) is 18.0 Å². The molecule has 0 aromatic carbocycles. The summed E-state index contributed by atoms with van der Waals surface area (Å²) in [4.78, 5) is 32.0. The summed E-state index contributed by atoms with van der Waals surface area (Å²) in [6.45, 7) is -0.348. The molecular formula is C10H16NO7S. The van der Waals surface area contributed by atoms with Gasteiger partial charge in [0.25, 0.3) is 0 Å². The van der Waals surface area contributed by atoms with Gasteiger partial charge < -0.3 is 15.2 Å². The van der Waals surface area contributed by atoms with Crippen LogP contribution in [0.1, 0.15) is 19.3 Å².